The Balaban J connectivity index is 1.82. The number of hydrogen-bond acceptors (Lipinski definition) is 6. The van der Waals surface area contributed by atoms with Gasteiger partial charge in [-0.2, -0.15) is 15.1 Å². The molecule has 2 heterocycles. The van der Waals surface area contributed by atoms with Crippen LogP contribution in [0, 0.1) is 0 Å². The molecule has 0 aromatic carbocycles. The average Bonchev–Trinajstić information content (AvgIpc) is 2.75. The Labute approximate surface area is 136 Å². The molecular formula is C16H26N6O. The third kappa shape index (κ3) is 3.90. The van der Waals surface area contributed by atoms with Gasteiger partial charge in [-0.25, -0.2) is 0 Å². The van der Waals surface area contributed by atoms with Crippen LogP contribution in [-0.2, 0) is 7.05 Å². The van der Waals surface area contributed by atoms with E-state index in [0.29, 0.717) is 25.0 Å². The summed E-state index contributed by atoms with van der Waals surface area (Å²) in [7, 11) is 1.89. The minimum absolute atomic E-state index is 0.168. The molecule has 0 atom stereocenters. The molecule has 0 bridgehead atoms. The van der Waals surface area contributed by atoms with E-state index >= 15 is 0 Å². The molecule has 7 heteroatoms. The standard InChI is InChI=1S/C16H26N6O/c1-22-15-13(11-18-22)14(17-9-6-10-23)20-16(21-15)19-12-7-4-2-3-5-8-12/h11-12,23H,2-10H2,1H3,(H2,17,19,20,21). The molecule has 2 aromatic heterocycles. The molecule has 0 amide bonds. The summed E-state index contributed by atoms with van der Waals surface area (Å²) >= 11 is 0. The number of nitrogens with zero attached hydrogens (tertiary/aromatic N) is 4. The Morgan fingerprint density at radius 1 is 1.22 bits per heavy atom. The first-order valence-corrected chi connectivity index (χ1v) is 8.59. The van der Waals surface area contributed by atoms with Crippen molar-refractivity contribution in [3.05, 3.63) is 6.20 Å². The average molecular weight is 318 g/mol. The fraction of sp³-hybridized carbons (Fsp3) is 0.688. The number of nitrogens with one attached hydrogen (secondary N) is 2. The van der Waals surface area contributed by atoms with Crippen LogP contribution in [0.15, 0.2) is 6.20 Å². The number of rotatable bonds is 6. The summed E-state index contributed by atoms with van der Waals surface area (Å²) in [4.78, 5) is 9.28. The lowest BCUT2D eigenvalue weighted by Crippen LogP contribution is -2.20. The highest BCUT2D eigenvalue weighted by Gasteiger charge is 2.16. The molecule has 3 N–H and O–H groups in total. The van der Waals surface area contributed by atoms with E-state index in [0.717, 1.165) is 16.9 Å². The molecule has 1 fully saturated rings. The Hall–Kier alpha value is -1.89. The summed E-state index contributed by atoms with van der Waals surface area (Å²) in [5.41, 5.74) is 0.822. The van der Waals surface area contributed by atoms with Crippen LogP contribution < -0.4 is 10.6 Å². The first-order chi connectivity index (χ1) is 11.3. The number of aromatic nitrogens is 4. The van der Waals surface area contributed by atoms with Gasteiger partial charge in [0.15, 0.2) is 5.65 Å². The molecular weight excluding hydrogens is 292 g/mol. The third-order valence-electron chi connectivity index (χ3n) is 4.41. The van der Waals surface area contributed by atoms with Crippen molar-refractivity contribution in [3.8, 4) is 0 Å². The Morgan fingerprint density at radius 3 is 2.74 bits per heavy atom. The molecule has 2 aromatic rings. The molecule has 7 nitrogen and oxygen atoms in total. The minimum atomic E-state index is 0.168. The maximum Gasteiger partial charge on any atom is 0.226 e. The Morgan fingerprint density at radius 2 is 2.00 bits per heavy atom. The number of fused-ring (bicyclic) bond motifs is 1. The van der Waals surface area contributed by atoms with Gasteiger partial charge in [0.05, 0.1) is 11.6 Å². The number of aliphatic hydroxyl groups is 1. The van der Waals surface area contributed by atoms with Gasteiger partial charge in [-0.3, -0.25) is 4.68 Å². The highest BCUT2D eigenvalue weighted by molar-refractivity contribution is 5.87. The lowest BCUT2D eigenvalue weighted by atomic mass is 10.1. The van der Waals surface area contributed by atoms with Gasteiger partial charge >= 0.3 is 0 Å². The SMILES string of the molecule is Cn1ncc2c(NCCCO)nc(NC3CCCCCC3)nc21. The van der Waals surface area contributed by atoms with Gasteiger partial charge in [-0.15, -0.1) is 0 Å². The number of aliphatic hydroxyl groups excluding tert-OH is 1. The van der Waals surface area contributed by atoms with Crippen molar-refractivity contribution in [1.82, 2.24) is 19.7 Å². The zero-order valence-corrected chi connectivity index (χ0v) is 13.8. The lowest BCUT2D eigenvalue weighted by molar-refractivity contribution is 0.292. The summed E-state index contributed by atoms with van der Waals surface area (Å²) in [6.45, 7) is 0.849. The Bertz CT molecular complexity index is 633. The quantitative estimate of drug-likeness (QED) is 0.559. The van der Waals surface area contributed by atoms with Crippen molar-refractivity contribution in [2.75, 3.05) is 23.8 Å². The zero-order valence-electron chi connectivity index (χ0n) is 13.8. The highest BCUT2D eigenvalue weighted by atomic mass is 16.3. The van der Waals surface area contributed by atoms with Crippen molar-refractivity contribution in [1.29, 1.82) is 0 Å². The van der Waals surface area contributed by atoms with E-state index in [9.17, 15) is 0 Å². The van der Waals surface area contributed by atoms with Crippen LogP contribution in [0.2, 0.25) is 0 Å². The van der Waals surface area contributed by atoms with E-state index in [4.69, 9.17) is 5.11 Å². The molecule has 0 unspecified atom stereocenters. The molecule has 0 saturated heterocycles. The molecule has 1 aliphatic rings. The molecule has 0 spiro atoms. The number of aryl methyl sites for hydroxylation is 1. The van der Waals surface area contributed by atoms with Crippen LogP contribution in [-0.4, -0.2) is 44.0 Å². The predicted molar refractivity (Wildman–Crippen MR) is 91.6 cm³/mol. The first kappa shape index (κ1) is 16.0. The van der Waals surface area contributed by atoms with Crippen molar-refractivity contribution in [2.24, 2.45) is 7.05 Å². The zero-order chi connectivity index (χ0) is 16.1. The monoisotopic (exact) mass is 318 g/mol. The van der Waals surface area contributed by atoms with Crippen molar-refractivity contribution < 1.29 is 5.11 Å². The van der Waals surface area contributed by atoms with E-state index in [-0.39, 0.29) is 6.61 Å². The van der Waals surface area contributed by atoms with Crippen molar-refractivity contribution in [2.45, 2.75) is 51.0 Å². The van der Waals surface area contributed by atoms with Crippen LogP contribution >= 0.6 is 0 Å². The molecule has 1 aliphatic carbocycles. The summed E-state index contributed by atoms with van der Waals surface area (Å²) in [5.74, 6) is 1.45. The smallest absolute Gasteiger partial charge is 0.226 e. The number of hydrogen-bond donors (Lipinski definition) is 3. The maximum atomic E-state index is 8.96. The topological polar surface area (TPSA) is 87.9 Å². The van der Waals surface area contributed by atoms with Crippen LogP contribution in [0.25, 0.3) is 11.0 Å². The molecule has 23 heavy (non-hydrogen) atoms. The third-order valence-corrected chi connectivity index (χ3v) is 4.41. The van der Waals surface area contributed by atoms with Gasteiger partial charge in [-0.05, 0) is 19.3 Å². The number of anilines is 2. The highest BCUT2D eigenvalue weighted by Crippen LogP contribution is 2.24. The first-order valence-electron chi connectivity index (χ1n) is 8.59. The van der Waals surface area contributed by atoms with Gasteiger partial charge in [0.1, 0.15) is 5.82 Å². The summed E-state index contributed by atoms with van der Waals surface area (Å²) in [6, 6.07) is 0.452. The summed E-state index contributed by atoms with van der Waals surface area (Å²) in [6.07, 6.45) is 10.0. The molecule has 0 aliphatic heterocycles. The summed E-state index contributed by atoms with van der Waals surface area (Å²) in [5, 5.41) is 21.0. The van der Waals surface area contributed by atoms with Gasteiger partial charge < -0.3 is 15.7 Å². The van der Waals surface area contributed by atoms with Crippen LogP contribution in [0.5, 0.6) is 0 Å². The predicted octanol–water partition coefficient (Wildman–Crippen LogP) is 2.29. The largest absolute Gasteiger partial charge is 0.396 e. The maximum absolute atomic E-state index is 8.96. The normalized spacial score (nSPS) is 16.4. The Kier molecular flexibility index (Phi) is 5.27. The van der Waals surface area contributed by atoms with Crippen LogP contribution in [0.4, 0.5) is 11.8 Å². The summed E-state index contributed by atoms with van der Waals surface area (Å²) < 4.78 is 1.77. The van der Waals surface area contributed by atoms with E-state index in [2.05, 4.69) is 25.7 Å². The molecule has 0 radical (unpaired) electrons. The second-order valence-corrected chi connectivity index (χ2v) is 6.24. The van der Waals surface area contributed by atoms with Crippen LogP contribution in [0.1, 0.15) is 44.9 Å². The van der Waals surface area contributed by atoms with Crippen molar-refractivity contribution in [3.63, 3.8) is 0 Å². The fourth-order valence-electron chi connectivity index (χ4n) is 3.11. The second kappa shape index (κ2) is 7.59. The molecule has 3 rings (SSSR count). The molecule has 1 saturated carbocycles. The van der Waals surface area contributed by atoms with Crippen molar-refractivity contribution >= 4 is 22.8 Å². The minimum Gasteiger partial charge on any atom is -0.396 e. The van der Waals surface area contributed by atoms with E-state index in [1.165, 1.54) is 38.5 Å². The fourth-order valence-corrected chi connectivity index (χ4v) is 3.11. The van der Waals surface area contributed by atoms with Gasteiger partial charge in [-0.1, -0.05) is 25.7 Å². The van der Waals surface area contributed by atoms with E-state index in [1.807, 2.05) is 7.05 Å². The van der Waals surface area contributed by atoms with Gasteiger partial charge in [0.25, 0.3) is 0 Å². The molecule has 126 valence electrons. The van der Waals surface area contributed by atoms with Crippen LogP contribution in [0.3, 0.4) is 0 Å². The van der Waals surface area contributed by atoms with Gasteiger partial charge in [0, 0.05) is 26.2 Å². The van der Waals surface area contributed by atoms with E-state index in [1.54, 1.807) is 10.9 Å². The van der Waals surface area contributed by atoms with Gasteiger partial charge in [0.2, 0.25) is 5.95 Å². The van der Waals surface area contributed by atoms with E-state index < -0.39 is 0 Å². The lowest BCUT2D eigenvalue weighted by Gasteiger charge is -2.17. The second-order valence-electron chi connectivity index (χ2n) is 6.24.